The Labute approximate surface area is 77.4 Å². The van der Waals surface area contributed by atoms with E-state index in [1.54, 1.807) is 0 Å². The van der Waals surface area contributed by atoms with Gasteiger partial charge in [0.15, 0.2) is 0 Å². The lowest BCUT2D eigenvalue weighted by Crippen LogP contribution is -1.89. The van der Waals surface area contributed by atoms with E-state index in [0.717, 1.165) is 10.2 Å². The summed E-state index contributed by atoms with van der Waals surface area (Å²) >= 11 is 0. The van der Waals surface area contributed by atoms with Crippen LogP contribution in [0.25, 0.3) is 0 Å². The molecular weight excluding hydrogens is 160 g/mol. The molecule has 0 saturated heterocycles. The molecule has 1 aromatic rings. The maximum atomic E-state index is 3.18. The second kappa shape index (κ2) is 3.60. The van der Waals surface area contributed by atoms with Crippen LogP contribution in [0.5, 0.6) is 0 Å². The van der Waals surface area contributed by atoms with Gasteiger partial charge in [-0.1, -0.05) is 23.6 Å². The van der Waals surface area contributed by atoms with Gasteiger partial charge in [0.2, 0.25) is 0 Å². The molecule has 0 radical (unpaired) electrons. The summed E-state index contributed by atoms with van der Waals surface area (Å²) in [5.74, 6) is 3.18. The Morgan fingerprint density at radius 1 is 1.08 bits per heavy atom. The normalized spacial score (nSPS) is 9.25. The van der Waals surface area contributed by atoms with E-state index in [9.17, 15) is 0 Å². The second-order valence-corrected chi connectivity index (χ2v) is 3.65. The molecule has 1 rings (SSSR count). The van der Waals surface area contributed by atoms with Crippen LogP contribution in [0.15, 0.2) is 12.1 Å². The van der Waals surface area contributed by atoms with E-state index in [1.165, 1.54) is 22.3 Å². The van der Waals surface area contributed by atoms with Crippen molar-refractivity contribution in [1.29, 1.82) is 0 Å². The van der Waals surface area contributed by atoms with Crippen LogP contribution in [0, 0.1) is 32.2 Å². The Bertz CT molecular complexity index is 330. The molecule has 0 aliphatic heterocycles. The summed E-state index contributed by atoms with van der Waals surface area (Å²) in [5, 5.41) is 0. The van der Waals surface area contributed by atoms with Gasteiger partial charge in [0, 0.05) is 5.56 Å². The first-order valence-electron chi connectivity index (χ1n) is 4.15. The van der Waals surface area contributed by atoms with Crippen LogP contribution in [-0.4, -0.2) is 10.2 Å². The average Bonchev–Trinajstić information content (AvgIpc) is 1.96. The van der Waals surface area contributed by atoms with Gasteiger partial charge in [-0.15, -0.1) is 5.54 Å². The number of rotatable bonds is 0. The molecule has 0 bridgehead atoms. The molecule has 1 heteroatoms. The molecule has 0 nitrogen and oxygen atoms in total. The van der Waals surface area contributed by atoms with Crippen molar-refractivity contribution in [1.82, 2.24) is 0 Å². The zero-order chi connectivity index (χ0) is 9.14. The van der Waals surface area contributed by atoms with Crippen LogP contribution in [-0.2, 0) is 0 Å². The Kier molecular flexibility index (Phi) is 2.72. The summed E-state index contributed by atoms with van der Waals surface area (Å²) in [6.45, 7) is 6.38. The van der Waals surface area contributed by atoms with E-state index < -0.39 is 0 Å². The van der Waals surface area contributed by atoms with E-state index in [1.807, 2.05) is 0 Å². The fraction of sp³-hybridized carbons (Fsp3) is 0.273. The van der Waals surface area contributed by atoms with E-state index >= 15 is 0 Å². The molecule has 12 heavy (non-hydrogen) atoms. The maximum Gasteiger partial charge on any atom is 0.0911 e. The highest BCUT2D eigenvalue weighted by Gasteiger charge is 1.99. The van der Waals surface area contributed by atoms with Crippen LogP contribution >= 0.6 is 0 Å². The van der Waals surface area contributed by atoms with E-state index in [-0.39, 0.29) is 0 Å². The lowest BCUT2D eigenvalue weighted by molar-refractivity contribution is 1.30. The van der Waals surface area contributed by atoms with Gasteiger partial charge in [-0.3, -0.25) is 0 Å². The van der Waals surface area contributed by atoms with Gasteiger partial charge in [-0.2, -0.15) is 0 Å². The van der Waals surface area contributed by atoms with Gasteiger partial charge in [-0.05, 0) is 31.9 Å². The molecule has 0 N–H and O–H groups in total. The van der Waals surface area contributed by atoms with Crippen molar-refractivity contribution in [2.45, 2.75) is 20.8 Å². The molecule has 0 saturated carbocycles. The average molecular weight is 174 g/mol. The van der Waals surface area contributed by atoms with Crippen LogP contribution in [0.3, 0.4) is 0 Å². The fourth-order valence-corrected chi connectivity index (χ4v) is 1.75. The van der Waals surface area contributed by atoms with Crippen molar-refractivity contribution in [3.63, 3.8) is 0 Å². The third kappa shape index (κ3) is 1.78. The summed E-state index contributed by atoms with van der Waals surface area (Å²) in [7, 11) is 0.957. The van der Waals surface area contributed by atoms with Gasteiger partial charge >= 0.3 is 0 Å². The largest absolute Gasteiger partial charge is 0.138 e. The van der Waals surface area contributed by atoms with Crippen molar-refractivity contribution >= 4 is 10.2 Å². The minimum absolute atomic E-state index is 0.957. The first kappa shape index (κ1) is 9.09. The Morgan fingerprint density at radius 2 is 1.58 bits per heavy atom. The number of aryl methyl sites for hydroxylation is 3. The Hall–Kier alpha value is -1.00. The quantitative estimate of drug-likeness (QED) is 0.411. The van der Waals surface area contributed by atoms with Gasteiger partial charge in [-0.25, -0.2) is 0 Å². The molecule has 1 aromatic carbocycles. The molecule has 0 fully saturated rings. The SMILES string of the molecule is Cc1cc(C)c(C#C[SiH3])c(C)c1. The van der Waals surface area contributed by atoms with Gasteiger partial charge in [0.05, 0.1) is 10.2 Å². The Morgan fingerprint density at radius 3 is 2.00 bits per heavy atom. The van der Waals surface area contributed by atoms with Crippen molar-refractivity contribution < 1.29 is 0 Å². The van der Waals surface area contributed by atoms with Gasteiger partial charge in [0.25, 0.3) is 0 Å². The number of hydrogen-bond acceptors (Lipinski definition) is 0. The predicted octanol–water partition coefficient (Wildman–Crippen LogP) is 1.29. The summed E-state index contributed by atoms with van der Waals surface area (Å²) in [5.41, 5.74) is 8.22. The van der Waals surface area contributed by atoms with Crippen molar-refractivity contribution in [3.8, 4) is 11.5 Å². The van der Waals surface area contributed by atoms with Crippen LogP contribution in [0.1, 0.15) is 22.3 Å². The van der Waals surface area contributed by atoms with E-state index in [2.05, 4.69) is 44.4 Å². The summed E-state index contributed by atoms with van der Waals surface area (Å²) in [6, 6.07) is 4.38. The minimum Gasteiger partial charge on any atom is -0.138 e. The third-order valence-corrected chi connectivity index (χ3v) is 2.18. The Balaban J connectivity index is 3.34. The van der Waals surface area contributed by atoms with Crippen molar-refractivity contribution in [2.24, 2.45) is 0 Å². The van der Waals surface area contributed by atoms with Crippen molar-refractivity contribution in [3.05, 3.63) is 34.4 Å². The lowest BCUT2D eigenvalue weighted by Gasteiger charge is -2.04. The predicted molar refractivity (Wildman–Crippen MR) is 57.5 cm³/mol. The van der Waals surface area contributed by atoms with Gasteiger partial charge in [0.1, 0.15) is 0 Å². The van der Waals surface area contributed by atoms with E-state index in [4.69, 9.17) is 0 Å². The molecule has 62 valence electrons. The van der Waals surface area contributed by atoms with Crippen LogP contribution < -0.4 is 0 Å². The standard InChI is InChI=1S/C11H14Si/c1-8-6-9(2)11(4-5-12)10(3)7-8/h6-7H,1-3,12H3. The fourth-order valence-electron chi connectivity index (χ4n) is 1.50. The first-order valence-corrected chi connectivity index (χ1v) is 5.15. The monoisotopic (exact) mass is 174 g/mol. The number of benzene rings is 1. The first-order chi connectivity index (χ1) is 5.65. The third-order valence-electron chi connectivity index (χ3n) is 1.93. The highest BCUT2D eigenvalue weighted by atomic mass is 28.1. The molecule has 0 spiro atoms. The molecule has 0 amide bonds. The summed E-state index contributed by atoms with van der Waals surface area (Å²) in [6.07, 6.45) is 0. The summed E-state index contributed by atoms with van der Waals surface area (Å²) in [4.78, 5) is 0. The smallest absolute Gasteiger partial charge is 0.0911 e. The molecular formula is C11H14Si. The second-order valence-electron chi connectivity index (χ2n) is 3.15. The zero-order valence-corrected chi connectivity index (χ0v) is 10.2. The maximum absolute atomic E-state index is 3.18. The zero-order valence-electron chi connectivity index (χ0n) is 8.15. The van der Waals surface area contributed by atoms with Crippen LogP contribution in [0.2, 0.25) is 0 Å². The van der Waals surface area contributed by atoms with Gasteiger partial charge < -0.3 is 0 Å². The number of hydrogen-bond donors (Lipinski definition) is 0. The van der Waals surface area contributed by atoms with Crippen molar-refractivity contribution in [2.75, 3.05) is 0 Å². The molecule has 0 aliphatic rings. The molecule has 0 heterocycles. The molecule has 0 unspecified atom stereocenters. The molecule has 0 aliphatic carbocycles. The highest BCUT2D eigenvalue weighted by Crippen LogP contribution is 2.14. The lowest BCUT2D eigenvalue weighted by atomic mass is 10.0. The topological polar surface area (TPSA) is 0 Å². The molecule has 0 aromatic heterocycles. The van der Waals surface area contributed by atoms with Crippen LogP contribution in [0.4, 0.5) is 0 Å². The molecule has 0 atom stereocenters. The van der Waals surface area contributed by atoms with E-state index in [0.29, 0.717) is 0 Å². The highest BCUT2D eigenvalue weighted by molar-refractivity contribution is 6.22. The minimum atomic E-state index is 0.957. The summed E-state index contributed by atoms with van der Waals surface area (Å²) < 4.78 is 0.